The van der Waals surface area contributed by atoms with Gasteiger partial charge in [0.15, 0.2) is 0 Å². The van der Waals surface area contributed by atoms with Crippen LogP contribution in [0.3, 0.4) is 0 Å². The zero-order chi connectivity index (χ0) is 18.1. The van der Waals surface area contributed by atoms with Gasteiger partial charge in [0.2, 0.25) is 5.91 Å². The predicted molar refractivity (Wildman–Crippen MR) is 100 cm³/mol. The van der Waals surface area contributed by atoms with Crippen LogP contribution in [0, 0.1) is 10.8 Å². The number of amides is 1. The second-order valence-electron chi connectivity index (χ2n) is 9.46. The Morgan fingerprint density at radius 1 is 1.24 bits per heavy atom. The third-order valence-electron chi connectivity index (χ3n) is 5.62. The van der Waals surface area contributed by atoms with Crippen molar-refractivity contribution in [2.45, 2.75) is 52.9 Å². The minimum atomic E-state index is 0.314. The lowest BCUT2D eigenvalue weighted by atomic mass is 9.78. The first-order valence-corrected chi connectivity index (χ1v) is 9.72. The third-order valence-corrected chi connectivity index (χ3v) is 5.62. The summed E-state index contributed by atoms with van der Waals surface area (Å²) in [7, 11) is 1.92. The summed E-state index contributed by atoms with van der Waals surface area (Å²) in [5, 5.41) is 4.18. The fourth-order valence-corrected chi connectivity index (χ4v) is 4.61. The van der Waals surface area contributed by atoms with Crippen molar-refractivity contribution in [3.05, 3.63) is 18.0 Å². The van der Waals surface area contributed by atoms with Crippen LogP contribution in [0.2, 0.25) is 0 Å². The Bertz CT molecular complexity index is 603. The maximum absolute atomic E-state index is 12.6. The van der Waals surface area contributed by atoms with Gasteiger partial charge in [-0.1, -0.05) is 20.8 Å². The van der Waals surface area contributed by atoms with Gasteiger partial charge in [-0.25, -0.2) is 0 Å². The van der Waals surface area contributed by atoms with Gasteiger partial charge in [0.1, 0.15) is 0 Å². The first-order chi connectivity index (χ1) is 11.7. The molecule has 1 amide bonds. The van der Waals surface area contributed by atoms with E-state index in [1.165, 1.54) is 25.8 Å². The van der Waals surface area contributed by atoms with Crippen molar-refractivity contribution in [3.63, 3.8) is 0 Å². The average Bonchev–Trinajstić information content (AvgIpc) is 3.10. The summed E-state index contributed by atoms with van der Waals surface area (Å²) in [6, 6.07) is 0. The lowest BCUT2D eigenvalue weighted by Crippen LogP contribution is -2.47. The highest BCUT2D eigenvalue weighted by molar-refractivity contribution is 5.76. The van der Waals surface area contributed by atoms with E-state index in [1.54, 1.807) is 4.68 Å². The van der Waals surface area contributed by atoms with E-state index in [2.05, 4.69) is 35.7 Å². The summed E-state index contributed by atoms with van der Waals surface area (Å²) in [6.07, 6.45) is 8.99. The van der Waals surface area contributed by atoms with E-state index in [0.717, 1.165) is 38.2 Å². The molecular formula is C20H34N4O. The van der Waals surface area contributed by atoms with Gasteiger partial charge in [0, 0.05) is 51.3 Å². The molecule has 0 aromatic carbocycles. The van der Waals surface area contributed by atoms with Gasteiger partial charge in [-0.05, 0) is 43.2 Å². The van der Waals surface area contributed by atoms with Crippen molar-refractivity contribution in [3.8, 4) is 0 Å². The van der Waals surface area contributed by atoms with Crippen molar-refractivity contribution >= 4 is 5.91 Å². The quantitative estimate of drug-likeness (QED) is 0.842. The van der Waals surface area contributed by atoms with Crippen molar-refractivity contribution in [2.75, 3.05) is 32.7 Å². The molecule has 25 heavy (non-hydrogen) atoms. The first-order valence-electron chi connectivity index (χ1n) is 9.72. The first kappa shape index (κ1) is 18.4. The van der Waals surface area contributed by atoms with E-state index in [0.29, 0.717) is 23.2 Å². The van der Waals surface area contributed by atoms with E-state index in [9.17, 15) is 4.79 Å². The summed E-state index contributed by atoms with van der Waals surface area (Å²) >= 11 is 0. The van der Waals surface area contributed by atoms with Gasteiger partial charge in [0.25, 0.3) is 0 Å². The lowest BCUT2D eigenvalue weighted by Gasteiger charge is -2.42. The van der Waals surface area contributed by atoms with Gasteiger partial charge < -0.3 is 9.80 Å². The topological polar surface area (TPSA) is 41.4 Å². The number of likely N-dealkylation sites (tertiary alicyclic amines) is 2. The Morgan fingerprint density at radius 2 is 2.04 bits per heavy atom. The van der Waals surface area contributed by atoms with E-state index in [-0.39, 0.29) is 0 Å². The van der Waals surface area contributed by atoms with Gasteiger partial charge in [-0.15, -0.1) is 0 Å². The van der Waals surface area contributed by atoms with E-state index in [4.69, 9.17) is 0 Å². The van der Waals surface area contributed by atoms with E-state index >= 15 is 0 Å². The number of nitrogens with zero attached hydrogens (tertiary/aromatic N) is 4. The molecule has 1 unspecified atom stereocenters. The van der Waals surface area contributed by atoms with Crippen molar-refractivity contribution in [1.29, 1.82) is 0 Å². The maximum Gasteiger partial charge on any atom is 0.222 e. The molecular weight excluding hydrogens is 312 g/mol. The molecule has 2 saturated heterocycles. The van der Waals surface area contributed by atoms with Crippen LogP contribution in [0.4, 0.5) is 0 Å². The molecule has 1 aromatic rings. The molecule has 2 aliphatic heterocycles. The zero-order valence-corrected chi connectivity index (χ0v) is 16.4. The number of piperidine rings is 1. The number of hydrogen-bond acceptors (Lipinski definition) is 3. The Balaban J connectivity index is 1.52. The van der Waals surface area contributed by atoms with Crippen LogP contribution in [0.15, 0.2) is 12.4 Å². The Labute approximate surface area is 152 Å². The molecule has 5 heteroatoms. The second kappa shape index (κ2) is 7.10. The molecule has 1 atom stereocenters. The number of carbonyl (C=O) groups is 1. The van der Waals surface area contributed by atoms with Gasteiger partial charge in [-0.2, -0.15) is 5.10 Å². The summed E-state index contributed by atoms with van der Waals surface area (Å²) in [5.74, 6) is 0.314. The lowest BCUT2D eigenvalue weighted by molar-refractivity contribution is -0.130. The molecule has 0 aliphatic carbocycles. The number of aromatic nitrogens is 2. The summed E-state index contributed by atoms with van der Waals surface area (Å²) in [5.41, 5.74) is 1.84. The van der Waals surface area contributed by atoms with E-state index in [1.807, 2.05) is 19.4 Å². The molecule has 1 aromatic heterocycles. The molecule has 0 bridgehead atoms. The van der Waals surface area contributed by atoms with Crippen LogP contribution in [0.1, 0.15) is 52.0 Å². The van der Waals surface area contributed by atoms with Crippen LogP contribution >= 0.6 is 0 Å². The molecule has 2 aliphatic rings. The minimum absolute atomic E-state index is 0.314. The van der Waals surface area contributed by atoms with Crippen molar-refractivity contribution in [2.24, 2.45) is 17.9 Å². The summed E-state index contributed by atoms with van der Waals surface area (Å²) in [4.78, 5) is 17.4. The Morgan fingerprint density at radius 3 is 2.72 bits per heavy atom. The van der Waals surface area contributed by atoms with Crippen LogP contribution < -0.4 is 0 Å². The number of rotatable bonds is 4. The predicted octanol–water partition coefficient (Wildman–Crippen LogP) is 2.71. The molecule has 140 valence electrons. The van der Waals surface area contributed by atoms with Crippen molar-refractivity contribution < 1.29 is 4.79 Å². The summed E-state index contributed by atoms with van der Waals surface area (Å²) in [6.45, 7) is 12.4. The van der Waals surface area contributed by atoms with E-state index < -0.39 is 0 Å². The minimum Gasteiger partial charge on any atom is -0.342 e. The number of aryl methyl sites for hydroxylation is 2. The molecule has 2 fully saturated rings. The highest BCUT2D eigenvalue weighted by Crippen LogP contribution is 2.39. The van der Waals surface area contributed by atoms with Gasteiger partial charge >= 0.3 is 0 Å². The zero-order valence-electron chi connectivity index (χ0n) is 16.4. The molecule has 0 radical (unpaired) electrons. The van der Waals surface area contributed by atoms with Crippen LogP contribution in [0.25, 0.3) is 0 Å². The molecule has 3 rings (SSSR count). The normalized spacial score (nSPS) is 25.0. The average molecular weight is 347 g/mol. The molecule has 0 saturated carbocycles. The SMILES string of the molecule is Cn1cc(CCC(=O)N2CCC3(CCCN(CC(C)(C)C)C3)C2)cn1. The Kier molecular flexibility index (Phi) is 5.24. The Hall–Kier alpha value is -1.36. The molecule has 3 heterocycles. The third kappa shape index (κ3) is 4.84. The smallest absolute Gasteiger partial charge is 0.222 e. The summed E-state index contributed by atoms with van der Waals surface area (Å²) < 4.78 is 1.80. The van der Waals surface area contributed by atoms with Gasteiger partial charge in [-0.3, -0.25) is 9.48 Å². The van der Waals surface area contributed by atoms with Crippen LogP contribution in [0.5, 0.6) is 0 Å². The van der Waals surface area contributed by atoms with Crippen molar-refractivity contribution in [1.82, 2.24) is 19.6 Å². The fraction of sp³-hybridized carbons (Fsp3) is 0.800. The number of carbonyl (C=O) groups excluding carboxylic acids is 1. The van der Waals surface area contributed by atoms with Gasteiger partial charge in [0.05, 0.1) is 6.20 Å². The molecule has 5 nitrogen and oxygen atoms in total. The second-order valence-corrected chi connectivity index (χ2v) is 9.46. The highest BCUT2D eigenvalue weighted by atomic mass is 16.2. The molecule has 1 spiro atoms. The molecule has 0 N–H and O–H groups in total. The van der Waals surface area contributed by atoms with Crippen LogP contribution in [-0.4, -0.2) is 58.2 Å². The standard InChI is InChI=1S/C20H34N4O/c1-19(2,3)14-23-10-5-8-20(15-23)9-11-24(16-20)18(25)7-6-17-12-21-22(4)13-17/h12-13H,5-11,14-16H2,1-4H3. The highest BCUT2D eigenvalue weighted by Gasteiger charge is 2.42. The monoisotopic (exact) mass is 346 g/mol. The largest absolute Gasteiger partial charge is 0.342 e. The maximum atomic E-state index is 12.6. The fourth-order valence-electron chi connectivity index (χ4n) is 4.61. The number of hydrogen-bond donors (Lipinski definition) is 0. The van der Waals surface area contributed by atoms with Crippen LogP contribution in [-0.2, 0) is 18.3 Å².